The zero-order chi connectivity index (χ0) is 19.3. The molecule has 28 heavy (non-hydrogen) atoms. The smallest absolute Gasteiger partial charge is 0.135 e. The molecule has 0 aromatic heterocycles. The average molecular weight is 366 g/mol. The van der Waals surface area contributed by atoms with Crippen LogP contribution in [0.4, 0.5) is 0 Å². The van der Waals surface area contributed by atoms with Gasteiger partial charge in [0.25, 0.3) is 0 Å². The lowest BCUT2D eigenvalue weighted by atomic mass is 10.0. The summed E-state index contributed by atoms with van der Waals surface area (Å²) in [4.78, 5) is 0. The van der Waals surface area contributed by atoms with Gasteiger partial charge in [0.05, 0.1) is 7.11 Å². The standard InChI is InChI=1S/C26H22O2/c1-19-11-13-20(14-12-19)21-15-17-22(18-16-21)28-26-10-6-4-8-24(26)23-7-3-5-9-25(23)27-2/h3-18H,1-2H3. The maximum absolute atomic E-state index is 6.22. The van der Waals surface area contributed by atoms with Crippen molar-refractivity contribution in [1.29, 1.82) is 0 Å². The van der Waals surface area contributed by atoms with E-state index in [-0.39, 0.29) is 0 Å². The van der Waals surface area contributed by atoms with E-state index in [9.17, 15) is 0 Å². The third-order valence-electron chi connectivity index (χ3n) is 4.75. The normalized spacial score (nSPS) is 10.5. The topological polar surface area (TPSA) is 18.5 Å². The Kier molecular flexibility index (Phi) is 5.11. The summed E-state index contributed by atoms with van der Waals surface area (Å²) in [6.45, 7) is 2.10. The number of benzene rings is 4. The molecule has 0 spiro atoms. The van der Waals surface area contributed by atoms with Gasteiger partial charge in [-0.25, -0.2) is 0 Å². The molecule has 0 unspecified atom stereocenters. The van der Waals surface area contributed by atoms with Crippen molar-refractivity contribution in [1.82, 2.24) is 0 Å². The zero-order valence-electron chi connectivity index (χ0n) is 16.1. The third kappa shape index (κ3) is 3.77. The minimum atomic E-state index is 0.801. The molecule has 4 rings (SSSR count). The summed E-state index contributed by atoms with van der Waals surface area (Å²) >= 11 is 0. The molecule has 0 aliphatic carbocycles. The summed E-state index contributed by atoms with van der Waals surface area (Å²) in [5.74, 6) is 2.43. The molecular weight excluding hydrogens is 344 g/mol. The molecule has 0 fully saturated rings. The van der Waals surface area contributed by atoms with E-state index in [1.807, 2.05) is 60.7 Å². The molecular formula is C26H22O2. The number of hydrogen-bond acceptors (Lipinski definition) is 2. The molecule has 138 valence electrons. The molecule has 4 aromatic carbocycles. The zero-order valence-corrected chi connectivity index (χ0v) is 16.1. The summed E-state index contributed by atoms with van der Waals surface area (Å²) in [7, 11) is 1.69. The maximum Gasteiger partial charge on any atom is 0.135 e. The van der Waals surface area contributed by atoms with E-state index >= 15 is 0 Å². The highest BCUT2D eigenvalue weighted by Gasteiger charge is 2.11. The third-order valence-corrected chi connectivity index (χ3v) is 4.75. The van der Waals surface area contributed by atoms with Gasteiger partial charge in [0.15, 0.2) is 0 Å². The van der Waals surface area contributed by atoms with Gasteiger partial charge in [0.2, 0.25) is 0 Å². The Morgan fingerprint density at radius 2 is 1.04 bits per heavy atom. The van der Waals surface area contributed by atoms with Gasteiger partial charge < -0.3 is 9.47 Å². The van der Waals surface area contributed by atoms with E-state index in [4.69, 9.17) is 9.47 Å². The first kappa shape index (κ1) is 17.9. The maximum atomic E-state index is 6.22. The van der Waals surface area contributed by atoms with Crippen molar-refractivity contribution in [3.8, 4) is 39.5 Å². The molecule has 0 N–H and O–H groups in total. The number of hydrogen-bond donors (Lipinski definition) is 0. The molecule has 0 amide bonds. The van der Waals surface area contributed by atoms with Gasteiger partial charge in [-0.05, 0) is 42.3 Å². The van der Waals surface area contributed by atoms with Gasteiger partial charge in [-0.1, -0.05) is 78.4 Å². The molecule has 0 aliphatic rings. The monoisotopic (exact) mass is 366 g/mol. The Morgan fingerprint density at radius 1 is 0.536 bits per heavy atom. The fourth-order valence-corrected chi connectivity index (χ4v) is 3.23. The van der Waals surface area contributed by atoms with Gasteiger partial charge in [-0.2, -0.15) is 0 Å². The molecule has 2 nitrogen and oxygen atoms in total. The van der Waals surface area contributed by atoms with Crippen molar-refractivity contribution in [2.45, 2.75) is 6.92 Å². The van der Waals surface area contributed by atoms with E-state index in [0.29, 0.717) is 0 Å². The van der Waals surface area contributed by atoms with Crippen molar-refractivity contribution in [3.05, 3.63) is 103 Å². The van der Waals surface area contributed by atoms with E-state index in [1.54, 1.807) is 7.11 Å². The lowest BCUT2D eigenvalue weighted by molar-refractivity contribution is 0.416. The van der Waals surface area contributed by atoms with Crippen molar-refractivity contribution in [2.75, 3.05) is 7.11 Å². The fourth-order valence-electron chi connectivity index (χ4n) is 3.23. The van der Waals surface area contributed by atoms with Crippen LogP contribution >= 0.6 is 0 Å². The molecule has 4 aromatic rings. The van der Waals surface area contributed by atoms with Crippen LogP contribution in [0.5, 0.6) is 17.2 Å². The fraction of sp³-hybridized carbons (Fsp3) is 0.0769. The minimum absolute atomic E-state index is 0.801. The molecule has 0 saturated heterocycles. The SMILES string of the molecule is COc1ccccc1-c1ccccc1Oc1ccc(-c2ccc(C)cc2)cc1. The molecule has 0 saturated carbocycles. The highest BCUT2D eigenvalue weighted by atomic mass is 16.5. The Labute approximate surface area is 166 Å². The Morgan fingerprint density at radius 3 is 1.64 bits per heavy atom. The van der Waals surface area contributed by atoms with Crippen molar-refractivity contribution >= 4 is 0 Å². The van der Waals surface area contributed by atoms with Gasteiger partial charge in [0, 0.05) is 11.1 Å². The number of para-hydroxylation sites is 2. The lowest BCUT2D eigenvalue weighted by Crippen LogP contribution is -1.91. The molecule has 2 heteroatoms. The number of aryl methyl sites for hydroxylation is 1. The lowest BCUT2D eigenvalue weighted by Gasteiger charge is -2.14. The largest absolute Gasteiger partial charge is 0.496 e. The Balaban J connectivity index is 1.62. The van der Waals surface area contributed by atoms with Crippen LogP contribution in [-0.4, -0.2) is 7.11 Å². The first-order chi connectivity index (χ1) is 13.7. The molecule has 0 heterocycles. The average Bonchev–Trinajstić information content (AvgIpc) is 2.75. The number of ether oxygens (including phenoxy) is 2. The number of methoxy groups -OCH3 is 1. The second-order valence-corrected chi connectivity index (χ2v) is 6.69. The van der Waals surface area contributed by atoms with Crippen molar-refractivity contribution in [2.24, 2.45) is 0 Å². The van der Waals surface area contributed by atoms with Crippen LogP contribution in [0.1, 0.15) is 5.56 Å². The van der Waals surface area contributed by atoms with Crippen LogP contribution in [0.2, 0.25) is 0 Å². The van der Waals surface area contributed by atoms with Crippen LogP contribution in [0, 0.1) is 6.92 Å². The van der Waals surface area contributed by atoms with Gasteiger partial charge in [-0.15, -0.1) is 0 Å². The summed E-state index contributed by atoms with van der Waals surface area (Å²) in [6.07, 6.45) is 0. The van der Waals surface area contributed by atoms with Crippen LogP contribution in [0.3, 0.4) is 0 Å². The minimum Gasteiger partial charge on any atom is -0.496 e. The Hall–Kier alpha value is -3.52. The Bertz CT molecular complexity index is 1060. The molecule has 0 bridgehead atoms. The van der Waals surface area contributed by atoms with E-state index in [0.717, 1.165) is 28.4 Å². The van der Waals surface area contributed by atoms with Crippen molar-refractivity contribution < 1.29 is 9.47 Å². The van der Waals surface area contributed by atoms with Gasteiger partial charge in [0.1, 0.15) is 17.2 Å². The highest BCUT2D eigenvalue weighted by Crippen LogP contribution is 2.38. The summed E-state index contributed by atoms with van der Waals surface area (Å²) in [5, 5.41) is 0. The molecule has 0 aliphatic heterocycles. The molecule has 0 radical (unpaired) electrons. The quantitative estimate of drug-likeness (QED) is 0.374. The van der Waals surface area contributed by atoms with E-state index in [2.05, 4.69) is 43.3 Å². The van der Waals surface area contributed by atoms with Crippen LogP contribution in [0.25, 0.3) is 22.3 Å². The van der Waals surface area contributed by atoms with Crippen LogP contribution in [0.15, 0.2) is 97.1 Å². The first-order valence-electron chi connectivity index (χ1n) is 9.32. The second-order valence-electron chi connectivity index (χ2n) is 6.69. The van der Waals surface area contributed by atoms with E-state index in [1.165, 1.54) is 16.7 Å². The van der Waals surface area contributed by atoms with Gasteiger partial charge >= 0.3 is 0 Å². The summed E-state index contributed by atoms with van der Waals surface area (Å²) in [5.41, 5.74) is 5.65. The van der Waals surface area contributed by atoms with Crippen molar-refractivity contribution in [3.63, 3.8) is 0 Å². The predicted octanol–water partition coefficient (Wildman–Crippen LogP) is 7.13. The second kappa shape index (κ2) is 8.01. The van der Waals surface area contributed by atoms with Crippen LogP contribution < -0.4 is 9.47 Å². The van der Waals surface area contributed by atoms with E-state index < -0.39 is 0 Å². The first-order valence-corrected chi connectivity index (χ1v) is 9.32. The van der Waals surface area contributed by atoms with Gasteiger partial charge in [-0.3, -0.25) is 0 Å². The van der Waals surface area contributed by atoms with Crippen LogP contribution in [-0.2, 0) is 0 Å². The summed E-state index contributed by atoms with van der Waals surface area (Å²) in [6, 6.07) is 32.7. The molecule has 0 atom stereocenters. The summed E-state index contributed by atoms with van der Waals surface area (Å²) < 4.78 is 11.7. The number of rotatable bonds is 5. The highest BCUT2D eigenvalue weighted by molar-refractivity contribution is 5.76. The predicted molar refractivity (Wildman–Crippen MR) is 115 cm³/mol.